The Morgan fingerprint density at radius 2 is 1.90 bits per heavy atom. The van der Waals surface area contributed by atoms with E-state index < -0.39 is 6.10 Å². The Bertz CT molecular complexity index is 441. The Morgan fingerprint density at radius 1 is 1.29 bits per heavy atom. The Kier molecular flexibility index (Phi) is 6.17. The van der Waals surface area contributed by atoms with Crippen LogP contribution < -0.4 is 5.32 Å². The molecule has 0 aliphatic carbocycles. The van der Waals surface area contributed by atoms with Crippen molar-refractivity contribution >= 4 is 5.91 Å². The van der Waals surface area contributed by atoms with Crippen LogP contribution in [0.25, 0.3) is 0 Å². The summed E-state index contributed by atoms with van der Waals surface area (Å²) in [4.78, 5) is 14.0. The van der Waals surface area contributed by atoms with Crippen LogP contribution in [0.2, 0.25) is 0 Å². The van der Waals surface area contributed by atoms with Gasteiger partial charge in [0.25, 0.3) is 0 Å². The first-order valence-corrected chi connectivity index (χ1v) is 7.37. The van der Waals surface area contributed by atoms with E-state index in [1.807, 2.05) is 0 Å². The number of nitrogens with one attached hydrogen (secondary N) is 1. The molecule has 0 saturated carbocycles. The molecule has 2 rings (SSSR count). The van der Waals surface area contributed by atoms with Crippen molar-refractivity contribution in [3.05, 3.63) is 35.4 Å². The van der Waals surface area contributed by atoms with Gasteiger partial charge < -0.3 is 14.8 Å². The fourth-order valence-corrected chi connectivity index (χ4v) is 2.22. The number of hydrogen-bond acceptors (Lipinski definition) is 4. The SMILES string of the molecule is COC(C)C(=O)NCc1ccc(CN2CCOCC2)cc1. The minimum absolute atomic E-state index is 0.0881. The summed E-state index contributed by atoms with van der Waals surface area (Å²) >= 11 is 0. The lowest BCUT2D eigenvalue weighted by atomic mass is 10.1. The quantitative estimate of drug-likeness (QED) is 0.855. The molecule has 1 heterocycles. The molecule has 1 aliphatic rings. The van der Waals surface area contributed by atoms with Gasteiger partial charge in [0.1, 0.15) is 6.10 Å². The molecule has 5 nitrogen and oxygen atoms in total. The highest BCUT2D eigenvalue weighted by atomic mass is 16.5. The number of carbonyl (C=O) groups excluding carboxylic acids is 1. The maximum Gasteiger partial charge on any atom is 0.249 e. The third-order valence-electron chi connectivity index (χ3n) is 3.72. The van der Waals surface area contributed by atoms with Crippen LogP contribution in [0.4, 0.5) is 0 Å². The normalized spacial score (nSPS) is 17.4. The van der Waals surface area contributed by atoms with E-state index in [2.05, 4.69) is 34.5 Å². The molecule has 21 heavy (non-hydrogen) atoms. The fraction of sp³-hybridized carbons (Fsp3) is 0.562. The van der Waals surface area contributed by atoms with Crippen LogP contribution >= 0.6 is 0 Å². The lowest BCUT2D eigenvalue weighted by Gasteiger charge is -2.26. The Morgan fingerprint density at radius 3 is 2.52 bits per heavy atom. The predicted octanol–water partition coefficient (Wildman–Crippen LogP) is 1.17. The minimum atomic E-state index is -0.411. The lowest BCUT2D eigenvalue weighted by Crippen LogP contribution is -2.35. The maximum atomic E-state index is 11.6. The first kappa shape index (κ1) is 15.9. The second-order valence-corrected chi connectivity index (χ2v) is 5.30. The number of nitrogens with zero attached hydrogens (tertiary/aromatic N) is 1. The Balaban J connectivity index is 1.80. The van der Waals surface area contributed by atoms with E-state index in [-0.39, 0.29) is 5.91 Å². The van der Waals surface area contributed by atoms with Crippen LogP contribution in [0.15, 0.2) is 24.3 Å². The van der Waals surface area contributed by atoms with E-state index in [4.69, 9.17) is 9.47 Å². The number of hydrogen-bond donors (Lipinski definition) is 1. The predicted molar refractivity (Wildman–Crippen MR) is 80.9 cm³/mol. The molecule has 1 fully saturated rings. The van der Waals surface area contributed by atoms with E-state index >= 15 is 0 Å². The molecular weight excluding hydrogens is 268 g/mol. The zero-order chi connectivity index (χ0) is 15.1. The molecule has 0 radical (unpaired) electrons. The molecule has 1 N–H and O–H groups in total. The van der Waals surface area contributed by atoms with Crippen molar-refractivity contribution in [1.29, 1.82) is 0 Å². The highest BCUT2D eigenvalue weighted by molar-refractivity contribution is 5.80. The van der Waals surface area contributed by atoms with Crippen LogP contribution in [0.5, 0.6) is 0 Å². The van der Waals surface area contributed by atoms with Gasteiger partial charge in [0, 0.05) is 33.3 Å². The molecule has 1 amide bonds. The van der Waals surface area contributed by atoms with Crippen molar-refractivity contribution in [3.63, 3.8) is 0 Å². The third-order valence-corrected chi connectivity index (χ3v) is 3.72. The fourth-order valence-electron chi connectivity index (χ4n) is 2.22. The van der Waals surface area contributed by atoms with E-state index in [0.717, 1.165) is 38.4 Å². The van der Waals surface area contributed by atoms with E-state index in [9.17, 15) is 4.79 Å². The zero-order valence-electron chi connectivity index (χ0n) is 12.8. The first-order valence-electron chi connectivity index (χ1n) is 7.37. The van der Waals surface area contributed by atoms with Gasteiger partial charge in [0.15, 0.2) is 0 Å². The molecule has 1 aromatic rings. The molecular formula is C16H24N2O3. The average molecular weight is 292 g/mol. The summed E-state index contributed by atoms with van der Waals surface area (Å²) in [7, 11) is 1.53. The smallest absolute Gasteiger partial charge is 0.249 e. The molecule has 1 saturated heterocycles. The Labute approximate surface area is 126 Å². The molecule has 116 valence electrons. The highest BCUT2D eigenvalue weighted by Gasteiger charge is 2.12. The van der Waals surface area contributed by atoms with Crippen LogP contribution in [-0.4, -0.2) is 50.3 Å². The van der Waals surface area contributed by atoms with Gasteiger partial charge in [-0.25, -0.2) is 0 Å². The molecule has 1 aromatic carbocycles. The van der Waals surface area contributed by atoms with Crippen LogP contribution in [0.3, 0.4) is 0 Å². The molecule has 0 spiro atoms. The van der Waals surface area contributed by atoms with Crippen molar-refractivity contribution in [1.82, 2.24) is 10.2 Å². The van der Waals surface area contributed by atoms with Crippen LogP contribution in [0, 0.1) is 0 Å². The van der Waals surface area contributed by atoms with Crippen LogP contribution in [-0.2, 0) is 27.4 Å². The van der Waals surface area contributed by atoms with Gasteiger partial charge in [0.05, 0.1) is 13.2 Å². The summed E-state index contributed by atoms with van der Waals surface area (Å²) in [6, 6.07) is 8.37. The molecule has 0 aromatic heterocycles. The number of methoxy groups -OCH3 is 1. The van der Waals surface area contributed by atoms with Gasteiger partial charge in [-0.3, -0.25) is 9.69 Å². The largest absolute Gasteiger partial charge is 0.379 e. The van der Waals surface area contributed by atoms with Crippen molar-refractivity contribution in [2.75, 3.05) is 33.4 Å². The summed E-state index contributed by atoms with van der Waals surface area (Å²) in [5.74, 6) is -0.0881. The van der Waals surface area contributed by atoms with Gasteiger partial charge in [-0.1, -0.05) is 24.3 Å². The van der Waals surface area contributed by atoms with E-state index in [0.29, 0.717) is 6.54 Å². The second-order valence-electron chi connectivity index (χ2n) is 5.30. The number of rotatable bonds is 6. The maximum absolute atomic E-state index is 11.6. The van der Waals surface area contributed by atoms with E-state index in [1.54, 1.807) is 6.92 Å². The summed E-state index contributed by atoms with van der Waals surface area (Å²) in [6.45, 7) is 6.85. The van der Waals surface area contributed by atoms with Gasteiger partial charge in [-0.05, 0) is 18.1 Å². The van der Waals surface area contributed by atoms with Gasteiger partial charge >= 0.3 is 0 Å². The monoisotopic (exact) mass is 292 g/mol. The second kappa shape index (κ2) is 8.12. The highest BCUT2D eigenvalue weighted by Crippen LogP contribution is 2.09. The molecule has 0 bridgehead atoms. The van der Waals surface area contributed by atoms with Crippen molar-refractivity contribution in [2.45, 2.75) is 26.1 Å². The summed E-state index contributed by atoms with van der Waals surface area (Å²) in [5, 5.41) is 2.86. The zero-order valence-corrected chi connectivity index (χ0v) is 12.8. The number of carbonyl (C=O) groups is 1. The van der Waals surface area contributed by atoms with Gasteiger partial charge in [-0.2, -0.15) is 0 Å². The Hall–Kier alpha value is -1.43. The van der Waals surface area contributed by atoms with Crippen molar-refractivity contribution in [2.24, 2.45) is 0 Å². The molecule has 1 unspecified atom stereocenters. The lowest BCUT2D eigenvalue weighted by molar-refractivity contribution is -0.130. The standard InChI is InChI=1S/C16H24N2O3/c1-13(20-2)16(19)17-11-14-3-5-15(6-4-14)12-18-7-9-21-10-8-18/h3-6,13H,7-12H2,1-2H3,(H,17,19). The van der Waals surface area contributed by atoms with Crippen LogP contribution in [0.1, 0.15) is 18.1 Å². The molecule has 1 aliphatic heterocycles. The molecule has 1 atom stereocenters. The minimum Gasteiger partial charge on any atom is -0.379 e. The van der Waals surface area contributed by atoms with E-state index in [1.165, 1.54) is 12.7 Å². The summed E-state index contributed by atoms with van der Waals surface area (Å²) < 4.78 is 10.3. The topological polar surface area (TPSA) is 50.8 Å². The number of ether oxygens (including phenoxy) is 2. The third kappa shape index (κ3) is 5.12. The van der Waals surface area contributed by atoms with Gasteiger partial charge in [0.2, 0.25) is 5.91 Å². The van der Waals surface area contributed by atoms with Crippen molar-refractivity contribution in [3.8, 4) is 0 Å². The average Bonchev–Trinajstić information content (AvgIpc) is 2.54. The van der Waals surface area contributed by atoms with Gasteiger partial charge in [-0.15, -0.1) is 0 Å². The summed E-state index contributed by atoms with van der Waals surface area (Å²) in [5.41, 5.74) is 2.38. The number of morpholine rings is 1. The summed E-state index contributed by atoms with van der Waals surface area (Å²) in [6.07, 6.45) is -0.411. The molecule has 5 heteroatoms. The number of amides is 1. The van der Waals surface area contributed by atoms with Crippen molar-refractivity contribution < 1.29 is 14.3 Å². The first-order chi connectivity index (χ1) is 10.2. The number of benzene rings is 1.